The second-order valence-corrected chi connectivity index (χ2v) is 6.00. The van der Waals surface area contributed by atoms with Crippen LogP contribution in [0.25, 0.3) is 0 Å². The molecule has 0 radical (unpaired) electrons. The van der Waals surface area contributed by atoms with Crippen LogP contribution in [0.15, 0.2) is 48.8 Å². The molecule has 0 spiro atoms. The highest BCUT2D eigenvalue weighted by atomic mass is 16.1. The molecule has 4 nitrogen and oxygen atoms in total. The normalized spacial score (nSPS) is 15.7. The molecule has 2 aromatic rings. The van der Waals surface area contributed by atoms with Crippen LogP contribution in [-0.2, 0) is 13.0 Å². The Kier molecular flexibility index (Phi) is 5.03. The molecule has 1 N–H and O–H groups in total. The molecular formula is C19H23N3O. The highest BCUT2D eigenvalue weighted by Crippen LogP contribution is 2.21. The van der Waals surface area contributed by atoms with E-state index >= 15 is 0 Å². The van der Waals surface area contributed by atoms with Gasteiger partial charge in [-0.2, -0.15) is 0 Å². The van der Waals surface area contributed by atoms with Crippen LogP contribution >= 0.6 is 0 Å². The van der Waals surface area contributed by atoms with Gasteiger partial charge in [-0.1, -0.05) is 31.2 Å². The lowest BCUT2D eigenvalue weighted by atomic mass is 9.98. The van der Waals surface area contributed by atoms with E-state index < -0.39 is 0 Å². The Balaban J connectivity index is 1.59. The molecule has 0 unspecified atom stereocenters. The van der Waals surface area contributed by atoms with Crippen molar-refractivity contribution in [1.29, 1.82) is 0 Å². The number of pyridine rings is 1. The summed E-state index contributed by atoms with van der Waals surface area (Å²) < 4.78 is 0. The molecule has 2 heterocycles. The maximum Gasteiger partial charge on any atom is 0.251 e. The van der Waals surface area contributed by atoms with Gasteiger partial charge in [-0.25, -0.2) is 0 Å². The second kappa shape index (κ2) is 7.38. The first-order chi connectivity index (χ1) is 11.3. The van der Waals surface area contributed by atoms with Crippen molar-refractivity contribution in [3.05, 3.63) is 65.5 Å². The van der Waals surface area contributed by atoms with Gasteiger partial charge in [0.25, 0.3) is 5.91 Å². The zero-order valence-electron chi connectivity index (χ0n) is 13.5. The molecular weight excluding hydrogens is 286 g/mol. The number of amides is 1. The molecule has 3 rings (SSSR count). The number of nitrogens with zero attached hydrogens (tertiary/aromatic N) is 2. The molecule has 0 aliphatic carbocycles. The van der Waals surface area contributed by atoms with Crippen molar-refractivity contribution in [2.24, 2.45) is 0 Å². The van der Waals surface area contributed by atoms with E-state index in [0.717, 1.165) is 25.9 Å². The van der Waals surface area contributed by atoms with Gasteiger partial charge in [0, 0.05) is 43.6 Å². The van der Waals surface area contributed by atoms with Crippen LogP contribution in [0, 0.1) is 0 Å². The first-order valence-corrected chi connectivity index (χ1v) is 8.27. The van der Waals surface area contributed by atoms with Gasteiger partial charge in [0.2, 0.25) is 0 Å². The molecule has 0 saturated heterocycles. The van der Waals surface area contributed by atoms with Crippen LogP contribution in [0.2, 0.25) is 0 Å². The molecule has 0 saturated carbocycles. The Morgan fingerprint density at radius 2 is 1.96 bits per heavy atom. The Hall–Kier alpha value is -2.20. The molecule has 1 amide bonds. The Bertz CT molecular complexity index is 657. The first kappa shape index (κ1) is 15.7. The summed E-state index contributed by atoms with van der Waals surface area (Å²) in [5.41, 5.74) is 3.54. The maximum absolute atomic E-state index is 12.2. The standard InChI is InChI=1S/C19H23N3O/c1-2-18(13-21-19(23)16-7-10-20-11-8-16)22-12-9-15-5-3-4-6-17(15)14-22/h3-8,10-11,18H,2,9,12-14H2,1H3,(H,21,23)/t18-/m0/s1. The van der Waals surface area contributed by atoms with Crippen LogP contribution in [0.1, 0.15) is 34.8 Å². The minimum Gasteiger partial charge on any atom is -0.350 e. The van der Waals surface area contributed by atoms with E-state index in [0.29, 0.717) is 18.2 Å². The zero-order valence-corrected chi connectivity index (χ0v) is 13.5. The third-order valence-electron chi connectivity index (χ3n) is 4.59. The second-order valence-electron chi connectivity index (χ2n) is 6.00. The number of carbonyl (C=O) groups excluding carboxylic acids is 1. The predicted octanol–water partition coefficient (Wildman–Crippen LogP) is 2.65. The SMILES string of the molecule is CC[C@@H](CNC(=O)c1ccncc1)N1CCc2ccccc2C1. The summed E-state index contributed by atoms with van der Waals surface area (Å²) in [5, 5.41) is 3.06. The smallest absolute Gasteiger partial charge is 0.251 e. The van der Waals surface area contributed by atoms with Crippen molar-refractivity contribution >= 4 is 5.91 Å². The van der Waals surface area contributed by atoms with Gasteiger partial charge in [0.05, 0.1) is 0 Å². The van der Waals surface area contributed by atoms with E-state index in [9.17, 15) is 4.79 Å². The van der Waals surface area contributed by atoms with E-state index in [-0.39, 0.29) is 5.91 Å². The molecule has 0 bridgehead atoms. The van der Waals surface area contributed by atoms with Gasteiger partial charge in [0.15, 0.2) is 0 Å². The molecule has 1 atom stereocenters. The fourth-order valence-electron chi connectivity index (χ4n) is 3.18. The van der Waals surface area contributed by atoms with Gasteiger partial charge in [-0.15, -0.1) is 0 Å². The number of nitrogens with one attached hydrogen (secondary N) is 1. The summed E-state index contributed by atoms with van der Waals surface area (Å²) in [6.07, 6.45) is 5.41. The molecule has 1 aromatic carbocycles. The van der Waals surface area contributed by atoms with Crippen LogP contribution in [0.3, 0.4) is 0 Å². The van der Waals surface area contributed by atoms with Gasteiger partial charge < -0.3 is 5.32 Å². The molecule has 1 aliphatic heterocycles. The number of rotatable bonds is 5. The van der Waals surface area contributed by atoms with E-state index in [1.807, 2.05) is 0 Å². The van der Waals surface area contributed by atoms with Crippen molar-refractivity contribution in [2.75, 3.05) is 13.1 Å². The van der Waals surface area contributed by atoms with Crippen molar-refractivity contribution < 1.29 is 4.79 Å². The lowest BCUT2D eigenvalue weighted by Gasteiger charge is -2.35. The minimum atomic E-state index is -0.0248. The molecule has 4 heteroatoms. The fraction of sp³-hybridized carbons (Fsp3) is 0.368. The fourth-order valence-corrected chi connectivity index (χ4v) is 3.18. The third-order valence-corrected chi connectivity index (χ3v) is 4.59. The number of benzene rings is 1. The summed E-state index contributed by atoms with van der Waals surface area (Å²) in [6.45, 7) is 4.89. The van der Waals surface area contributed by atoms with Crippen LogP contribution < -0.4 is 5.32 Å². The topological polar surface area (TPSA) is 45.2 Å². The van der Waals surface area contributed by atoms with Gasteiger partial charge >= 0.3 is 0 Å². The summed E-state index contributed by atoms with van der Waals surface area (Å²) in [4.78, 5) is 18.6. The first-order valence-electron chi connectivity index (χ1n) is 8.27. The molecule has 120 valence electrons. The van der Waals surface area contributed by atoms with E-state index in [1.165, 1.54) is 11.1 Å². The molecule has 1 aromatic heterocycles. The maximum atomic E-state index is 12.2. The van der Waals surface area contributed by atoms with E-state index in [4.69, 9.17) is 0 Å². The summed E-state index contributed by atoms with van der Waals surface area (Å²) in [5.74, 6) is -0.0248. The lowest BCUT2D eigenvalue weighted by molar-refractivity contribution is 0.0926. The molecule has 0 fully saturated rings. The Labute approximate surface area is 137 Å². The van der Waals surface area contributed by atoms with E-state index in [2.05, 4.69) is 46.4 Å². The van der Waals surface area contributed by atoms with Crippen molar-refractivity contribution in [2.45, 2.75) is 32.4 Å². The number of hydrogen-bond donors (Lipinski definition) is 1. The van der Waals surface area contributed by atoms with Crippen molar-refractivity contribution in [3.8, 4) is 0 Å². The number of aromatic nitrogens is 1. The van der Waals surface area contributed by atoms with Gasteiger partial charge in [-0.3, -0.25) is 14.7 Å². The summed E-state index contributed by atoms with van der Waals surface area (Å²) in [7, 11) is 0. The highest BCUT2D eigenvalue weighted by molar-refractivity contribution is 5.93. The average Bonchev–Trinajstić information content (AvgIpc) is 2.62. The van der Waals surface area contributed by atoms with Crippen LogP contribution in [-0.4, -0.2) is 34.9 Å². The Morgan fingerprint density at radius 1 is 1.22 bits per heavy atom. The molecule has 23 heavy (non-hydrogen) atoms. The van der Waals surface area contributed by atoms with Crippen LogP contribution in [0.4, 0.5) is 0 Å². The van der Waals surface area contributed by atoms with Gasteiger partial charge in [-0.05, 0) is 36.1 Å². The van der Waals surface area contributed by atoms with Crippen molar-refractivity contribution in [3.63, 3.8) is 0 Å². The number of hydrogen-bond acceptors (Lipinski definition) is 3. The zero-order chi connectivity index (χ0) is 16.1. The quantitative estimate of drug-likeness (QED) is 0.923. The lowest BCUT2D eigenvalue weighted by Crippen LogP contribution is -2.45. The largest absolute Gasteiger partial charge is 0.350 e. The highest BCUT2D eigenvalue weighted by Gasteiger charge is 2.22. The van der Waals surface area contributed by atoms with Gasteiger partial charge in [0.1, 0.15) is 0 Å². The van der Waals surface area contributed by atoms with E-state index in [1.54, 1.807) is 24.5 Å². The third kappa shape index (κ3) is 3.77. The number of carbonyl (C=O) groups is 1. The Morgan fingerprint density at radius 3 is 2.70 bits per heavy atom. The predicted molar refractivity (Wildman–Crippen MR) is 91.2 cm³/mol. The summed E-state index contributed by atoms with van der Waals surface area (Å²) >= 11 is 0. The average molecular weight is 309 g/mol. The number of fused-ring (bicyclic) bond motifs is 1. The van der Waals surface area contributed by atoms with Crippen molar-refractivity contribution in [1.82, 2.24) is 15.2 Å². The monoisotopic (exact) mass is 309 g/mol. The van der Waals surface area contributed by atoms with Crippen LogP contribution in [0.5, 0.6) is 0 Å². The molecule has 1 aliphatic rings. The minimum absolute atomic E-state index is 0.0248. The summed E-state index contributed by atoms with van der Waals surface area (Å²) in [6, 6.07) is 12.5.